The highest BCUT2D eigenvalue weighted by atomic mass is 35.5. The van der Waals surface area contributed by atoms with Gasteiger partial charge in [0, 0.05) is 43.9 Å². The average Bonchev–Trinajstić information content (AvgIpc) is 3.28. The largest absolute Gasteiger partial charge is 0.493 e. The van der Waals surface area contributed by atoms with Crippen molar-refractivity contribution in [2.75, 3.05) is 33.4 Å². The summed E-state index contributed by atoms with van der Waals surface area (Å²) in [5.41, 5.74) is -0.368. The lowest BCUT2D eigenvalue weighted by Crippen LogP contribution is -2.41. The van der Waals surface area contributed by atoms with E-state index in [-0.39, 0.29) is 35.2 Å². The van der Waals surface area contributed by atoms with E-state index in [1.54, 1.807) is 30.3 Å². The summed E-state index contributed by atoms with van der Waals surface area (Å²) in [4.78, 5) is 22.4. The van der Waals surface area contributed by atoms with Crippen molar-refractivity contribution in [3.63, 3.8) is 0 Å². The van der Waals surface area contributed by atoms with Gasteiger partial charge < -0.3 is 23.7 Å². The molecule has 218 valence electrons. The Kier molecular flexibility index (Phi) is 9.14. The molecule has 1 aromatic carbocycles. The summed E-state index contributed by atoms with van der Waals surface area (Å²) in [5, 5.41) is 0.520. The number of ether oxygens (including phenoxy) is 3. The molecule has 0 saturated carbocycles. The molecule has 0 spiro atoms. The number of methoxy groups -OCH3 is 1. The van der Waals surface area contributed by atoms with E-state index in [2.05, 4.69) is 9.97 Å². The summed E-state index contributed by atoms with van der Waals surface area (Å²) in [7, 11) is 1.58. The van der Waals surface area contributed by atoms with Gasteiger partial charge in [0.2, 0.25) is 5.28 Å². The van der Waals surface area contributed by atoms with Crippen molar-refractivity contribution < 1.29 is 32.2 Å². The fourth-order valence-corrected chi connectivity index (χ4v) is 4.88. The van der Waals surface area contributed by atoms with E-state index in [1.165, 1.54) is 6.07 Å². The number of hydrogen-bond donors (Lipinski definition) is 0. The van der Waals surface area contributed by atoms with Crippen molar-refractivity contribution in [3.8, 4) is 17.0 Å². The maximum absolute atomic E-state index is 14.1. The van der Waals surface area contributed by atoms with Gasteiger partial charge >= 0.3 is 12.3 Å². The van der Waals surface area contributed by atoms with E-state index in [0.29, 0.717) is 49.4 Å². The fraction of sp³-hybridized carbons (Fsp3) is 0.536. The van der Waals surface area contributed by atoms with Crippen molar-refractivity contribution >= 4 is 28.7 Å². The Morgan fingerprint density at radius 3 is 2.48 bits per heavy atom. The van der Waals surface area contributed by atoms with Crippen LogP contribution >= 0.6 is 11.6 Å². The van der Waals surface area contributed by atoms with Crippen LogP contribution in [0.25, 0.3) is 22.3 Å². The van der Waals surface area contributed by atoms with Crippen molar-refractivity contribution in [2.45, 2.75) is 58.4 Å². The highest BCUT2D eigenvalue weighted by Crippen LogP contribution is 2.40. The van der Waals surface area contributed by atoms with E-state index >= 15 is 0 Å². The second kappa shape index (κ2) is 12.2. The lowest BCUT2D eigenvalue weighted by molar-refractivity contribution is -0.138. The van der Waals surface area contributed by atoms with Crippen molar-refractivity contribution in [2.24, 2.45) is 5.92 Å². The number of likely N-dealkylation sites (tertiary alicyclic amines) is 1. The maximum Gasteiger partial charge on any atom is 0.419 e. The third kappa shape index (κ3) is 7.37. The summed E-state index contributed by atoms with van der Waals surface area (Å²) in [6.45, 7) is 7.63. The third-order valence-corrected chi connectivity index (χ3v) is 6.91. The highest BCUT2D eigenvalue weighted by molar-refractivity contribution is 6.28. The highest BCUT2D eigenvalue weighted by Gasteiger charge is 2.35. The molecule has 1 saturated heterocycles. The predicted octanol–water partition coefficient (Wildman–Crippen LogP) is 6.83. The maximum atomic E-state index is 14.1. The topological polar surface area (TPSA) is 78.7 Å². The molecule has 0 bridgehead atoms. The van der Waals surface area contributed by atoms with Crippen LogP contribution in [0.5, 0.6) is 5.75 Å². The Balaban J connectivity index is 1.45. The Labute approximate surface area is 236 Å². The number of carbonyl (C=O) groups is 1. The van der Waals surface area contributed by atoms with E-state index in [4.69, 9.17) is 25.8 Å². The Bertz CT molecular complexity index is 1330. The van der Waals surface area contributed by atoms with Crippen LogP contribution in [0.4, 0.5) is 18.0 Å². The van der Waals surface area contributed by atoms with Gasteiger partial charge in [0.25, 0.3) is 0 Å². The van der Waals surface area contributed by atoms with Gasteiger partial charge in [-0.3, -0.25) is 0 Å². The SMILES string of the molecule is COCCn1ccc2c(-c3ccc(OCCC4CCN(C(=O)OC(C)(C)C)CC4)c(C(F)(F)F)c3)nc(Cl)nc21. The van der Waals surface area contributed by atoms with E-state index in [0.717, 1.165) is 18.9 Å². The van der Waals surface area contributed by atoms with Crippen LogP contribution in [-0.4, -0.2) is 64.5 Å². The van der Waals surface area contributed by atoms with Gasteiger partial charge in [-0.1, -0.05) is 0 Å². The molecule has 1 fully saturated rings. The van der Waals surface area contributed by atoms with Gasteiger partial charge in [0.1, 0.15) is 17.0 Å². The molecular weight excluding hydrogens is 549 g/mol. The molecule has 3 aromatic rings. The van der Waals surface area contributed by atoms with Gasteiger partial charge in [-0.2, -0.15) is 18.2 Å². The van der Waals surface area contributed by atoms with Crippen LogP contribution in [0, 0.1) is 5.92 Å². The van der Waals surface area contributed by atoms with E-state index in [1.807, 2.05) is 25.3 Å². The van der Waals surface area contributed by atoms with Gasteiger partial charge in [-0.05, 0) is 81.8 Å². The number of alkyl halides is 3. The first kappa shape index (κ1) is 29.9. The number of piperidine rings is 1. The number of hydrogen-bond acceptors (Lipinski definition) is 6. The Morgan fingerprint density at radius 2 is 1.82 bits per heavy atom. The molecular formula is C28H34ClF3N4O4. The molecule has 0 aliphatic carbocycles. The van der Waals surface area contributed by atoms with Gasteiger partial charge in [0.05, 0.1) is 24.5 Å². The minimum Gasteiger partial charge on any atom is -0.493 e. The molecule has 4 rings (SSSR count). The molecule has 0 atom stereocenters. The molecule has 3 heterocycles. The normalized spacial score (nSPS) is 15.1. The average molecular weight is 583 g/mol. The molecule has 1 aliphatic heterocycles. The molecule has 12 heteroatoms. The lowest BCUT2D eigenvalue weighted by atomic mass is 9.94. The third-order valence-electron chi connectivity index (χ3n) is 6.74. The summed E-state index contributed by atoms with van der Waals surface area (Å²) >= 11 is 6.15. The first-order chi connectivity index (χ1) is 18.9. The van der Waals surface area contributed by atoms with Gasteiger partial charge in [-0.25, -0.2) is 9.78 Å². The van der Waals surface area contributed by atoms with Crippen molar-refractivity contribution in [1.82, 2.24) is 19.4 Å². The van der Waals surface area contributed by atoms with Crippen LogP contribution in [-0.2, 0) is 22.2 Å². The van der Waals surface area contributed by atoms with Crippen LogP contribution in [0.2, 0.25) is 5.28 Å². The van der Waals surface area contributed by atoms with Crippen LogP contribution in [0.1, 0.15) is 45.6 Å². The zero-order chi connectivity index (χ0) is 29.1. The fourth-order valence-electron chi connectivity index (χ4n) is 4.72. The summed E-state index contributed by atoms with van der Waals surface area (Å²) < 4.78 is 60.3. The zero-order valence-electron chi connectivity index (χ0n) is 23.1. The molecule has 8 nitrogen and oxygen atoms in total. The molecule has 0 unspecified atom stereocenters. The summed E-state index contributed by atoms with van der Waals surface area (Å²) in [5.74, 6) is 0.00221. The first-order valence-electron chi connectivity index (χ1n) is 13.2. The monoisotopic (exact) mass is 582 g/mol. The second-order valence-electron chi connectivity index (χ2n) is 10.8. The minimum atomic E-state index is -4.63. The van der Waals surface area contributed by atoms with Gasteiger partial charge in [-0.15, -0.1) is 0 Å². The first-order valence-corrected chi connectivity index (χ1v) is 13.6. The minimum absolute atomic E-state index is 0.0635. The molecule has 0 radical (unpaired) electrons. The van der Waals surface area contributed by atoms with E-state index in [9.17, 15) is 18.0 Å². The number of carbonyl (C=O) groups excluding carboxylic acids is 1. The quantitative estimate of drug-likeness (QED) is 0.271. The van der Waals surface area contributed by atoms with Gasteiger partial charge in [0.15, 0.2) is 0 Å². The van der Waals surface area contributed by atoms with Crippen molar-refractivity contribution in [3.05, 3.63) is 41.3 Å². The Morgan fingerprint density at radius 1 is 1.10 bits per heavy atom. The number of nitrogens with zero attached hydrogens (tertiary/aromatic N) is 4. The smallest absolute Gasteiger partial charge is 0.419 e. The molecule has 1 amide bonds. The van der Waals surface area contributed by atoms with Crippen molar-refractivity contribution in [1.29, 1.82) is 0 Å². The van der Waals surface area contributed by atoms with Crippen LogP contribution in [0.3, 0.4) is 0 Å². The van der Waals surface area contributed by atoms with Crippen LogP contribution in [0.15, 0.2) is 30.5 Å². The lowest BCUT2D eigenvalue weighted by Gasteiger charge is -2.33. The van der Waals surface area contributed by atoms with Crippen LogP contribution < -0.4 is 4.74 Å². The predicted molar refractivity (Wildman–Crippen MR) is 145 cm³/mol. The van der Waals surface area contributed by atoms with E-state index < -0.39 is 17.3 Å². The summed E-state index contributed by atoms with van der Waals surface area (Å²) in [6, 6.07) is 5.67. The Hall–Kier alpha value is -3.05. The molecule has 40 heavy (non-hydrogen) atoms. The second-order valence-corrected chi connectivity index (χ2v) is 11.2. The molecule has 1 aliphatic rings. The number of halogens is 4. The number of benzene rings is 1. The number of amides is 1. The number of aromatic nitrogens is 3. The molecule has 2 aromatic heterocycles. The zero-order valence-corrected chi connectivity index (χ0v) is 23.8. The summed E-state index contributed by atoms with van der Waals surface area (Å²) in [6.07, 6.45) is -1.14. The standard InChI is InChI=1S/C28H34ClF3N4O4/c1-27(2,3)40-26(37)36-11-7-18(8-12-36)10-15-39-22-6-5-19(17-21(22)28(30,31)32)23-20-9-13-35(14-16-38-4)24(20)34-25(29)33-23/h5-6,9,13,17-18H,7-8,10-12,14-16H2,1-4H3. The number of rotatable bonds is 8. The number of fused-ring (bicyclic) bond motifs is 1. The molecule has 0 N–H and O–H groups in total.